The largest absolute Gasteiger partial charge is 0.340 e. The van der Waals surface area contributed by atoms with Crippen molar-refractivity contribution in [3.63, 3.8) is 0 Å². The van der Waals surface area contributed by atoms with Crippen LogP contribution in [0.2, 0.25) is 0 Å². The van der Waals surface area contributed by atoms with Crippen molar-refractivity contribution in [3.8, 4) is 12.1 Å². The number of nitrogens with one attached hydrogen (secondary N) is 2. The monoisotopic (exact) mass is 372 g/mol. The Hall–Kier alpha value is -4.16. The fourth-order valence-corrected chi connectivity index (χ4v) is 2.80. The van der Waals surface area contributed by atoms with Crippen LogP contribution in [0.15, 0.2) is 54.7 Å². The summed E-state index contributed by atoms with van der Waals surface area (Å²) < 4.78 is 0. The number of aryl methyl sites for hydroxylation is 2. The van der Waals surface area contributed by atoms with Crippen molar-refractivity contribution in [2.24, 2.45) is 0 Å². The van der Waals surface area contributed by atoms with Crippen molar-refractivity contribution in [1.82, 2.24) is 9.97 Å². The summed E-state index contributed by atoms with van der Waals surface area (Å²) >= 11 is 0. The van der Waals surface area contributed by atoms with Crippen LogP contribution in [0.1, 0.15) is 22.3 Å². The Bertz CT molecular complexity index is 1080. The van der Waals surface area contributed by atoms with E-state index in [2.05, 4.69) is 26.7 Å². The number of hydrogen-bond donors (Lipinski definition) is 2. The number of nitrogens with zero attached hydrogens (tertiary/aromatic N) is 4. The standard InChI is InChI=1S/C22H18N6/c1-15-12-18(4-3-10-23)13-16(2)21(15)27-20-9-11-25-22(28-20)26-19-7-5-17(14-24)6-8-19/h3-9,11-13H,1-2H3,(H2,25,26,27,28)/b4-3+/i5+1,6+1,7+1,8+1,17+1,19+1. The summed E-state index contributed by atoms with van der Waals surface area (Å²) in [4.78, 5) is 8.75. The highest BCUT2D eigenvalue weighted by Crippen LogP contribution is 2.26. The highest BCUT2D eigenvalue weighted by Gasteiger charge is 2.07. The number of rotatable bonds is 5. The lowest BCUT2D eigenvalue weighted by Gasteiger charge is -2.14. The Kier molecular flexibility index (Phi) is 5.64. The molecule has 0 aliphatic rings. The number of nitriles is 2. The van der Waals surface area contributed by atoms with Gasteiger partial charge in [-0.2, -0.15) is 15.5 Å². The summed E-state index contributed by atoms with van der Waals surface area (Å²) in [5, 5.41) is 24.0. The molecule has 0 fully saturated rings. The highest BCUT2D eigenvalue weighted by atomic mass is 15.2. The molecule has 2 N–H and O–H groups in total. The fourth-order valence-electron chi connectivity index (χ4n) is 2.80. The molecule has 0 spiro atoms. The van der Waals surface area contributed by atoms with E-state index in [0.29, 0.717) is 17.3 Å². The lowest BCUT2D eigenvalue weighted by molar-refractivity contribution is 1.16. The molecule has 0 radical (unpaired) electrons. The van der Waals surface area contributed by atoms with E-state index in [1.807, 2.05) is 44.2 Å². The lowest BCUT2D eigenvalue weighted by Crippen LogP contribution is -2.02. The van der Waals surface area contributed by atoms with Gasteiger partial charge in [0.05, 0.1) is 17.7 Å². The normalized spacial score (nSPS) is 10.3. The minimum atomic E-state index is 0.457. The molecule has 0 aliphatic carbocycles. The summed E-state index contributed by atoms with van der Waals surface area (Å²) in [6, 6.07) is 17.0. The van der Waals surface area contributed by atoms with Gasteiger partial charge in [0.2, 0.25) is 5.95 Å². The minimum Gasteiger partial charge on any atom is -0.340 e. The van der Waals surface area contributed by atoms with Crippen molar-refractivity contribution >= 4 is 29.2 Å². The zero-order chi connectivity index (χ0) is 19.9. The van der Waals surface area contributed by atoms with Gasteiger partial charge in [-0.1, -0.05) is 0 Å². The molecule has 0 bridgehead atoms. The molecule has 1 aromatic heterocycles. The number of anilines is 4. The van der Waals surface area contributed by atoms with Gasteiger partial charge in [-0.15, -0.1) is 0 Å². The molecule has 2 aromatic carbocycles. The van der Waals surface area contributed by atoms with Crippen molar-refractivity contribution in [2.75, 3.05) is 10.6 Å². The van der Waals surface area contributed by atoms with Crippen molar-refractivity contribution in [3.05, 3.63) is 77.0 Å². The van der Waals surface area contributed by atoms with Gasteiger partial charge in [-0.25, -0.2) is 4.98 Å². The molecule has 0 saturated carbocycles. The van der Waals surface area contributed by atoms with E-state index >= 15 is 0 Å². The molecule has 6 nitrogen and oxygen atoms in total. The van der Waals surface area contributed by atoms with Crippen LogP contribution in [0.25, 0.3) is 6.08 Å². The second kappa shape index (κ2) is 8.48. The van der Waals surface area contributed by atoms with Gasteiger partial charge in [0.15, 0.2) is 0 Å². The summed E-state index contributed by atoms with van der Waals surface area (Å²) in [5.41, 5.74) is 5.46. The zero-order valence-electron chi connectivity index (χ0n) is 15.6. The first-order valence-corrected chi connectivity index (χ1v) is 8.63. The fraction of sp³-hybridized carbons (Fsp3) is 0.0909. The molecule has 3 rings (SSSR count). The molecule has 3 aromatic rings. The van der Waals surface area contributed by atoms with Gasteiger partial charge in [0.1, 0.15) is 5.82 Å². The highest BCUT2D eigenvalue weighted by molar-refractivity contribution is 5.69. The maximum Gasteiger partial charge on any atom is 0.229 e. The molecule has 1 heterocycles. The zero-order valence-corrected chi connectivity index (χ0v) is 15.6. The molecule has 0 unspecified atom stereocenters. The Morgan fingerprint density at radius 2 is 1.68 bits per heavy atom. The molecule has 6 heteroatoms. The van der Waals surface area contributed by atoms with Gasteiger partial charge in [-0.05, 0) is 79.1 Å². The second-order valence-corrected chi connectivity index (χ2v) is 6.20. The molecule has 28 heavy (non-hydrogen) atoms. The van der Waals surface area contributed by atoms with Crippen LogP contribution in [0, 0.1) is 36.5 Å². The van der Waals surface area contributed by atoms with Gasteiger partial charge in [0, 0.05) is 23.6 Å². The Morgan fingerprint density at radius 3 is 2.32 bits per heavy atom. The smallest absolute Gasteiger partial charge is 0.229 e. The van der Waals surface area contributed by atoms with Crippen LogP contribution in [0.4, 0.5) is 23.1 Å². The predicted octanol–water partition coefficient (Wildman–Crippen LogP) is 4.99. The van der Waals surface area contributed by atoms with Gasteiger partial charge in [-0.3, -0.25) is 0 Å². The summed E-state index contributed by atoms with van der Waals surface area (Å²) in [5.74, 6) is 1.12. The first kappa shape index (κ1) is 18.6. The number of allylic oxidation sites excluding steroid dienone is 1. The lowest BCUT2D eigenvalue weighted by atomic mass is 10.0. The second-order valence-electron chi connectivity index (χ2n) is 6.20. The minimum absolute atomic E-state index is 0.457. The summed E-state index contributed by atoms with van der Waals surface area (Å²) in [6.07, 6.45) is 4.93. The van der Waals surface area contributed by atoms with Gasteiger partial charge in [0.25, 0.3) is 0 Å². The van der Waals surface area contributed by atoms with Gasteiger partial charge >= 0.3 is 0 Å². The SMILES string of the molecule is Cc1cc(/C=C/C#N)cc(C)c1Nc1ccnc(N[13c]2[13cH][13cH][13c](C#N)[13cH][13cH]2)n1. The van der Waals surface area contributed by atoms with Crippen molar-refractivity contribution < 1.29 is 0 Å². The predicted molar refractivity (Wildman–Crippen MR) is 110 cm³/mol. The molecular formula is C22H18N6. The van der Waals surface area contributed by atoms with Crippen LogP contribution in [0.5, 0.6) is 0 Å². The topological polar surface area (TPSA) is 97.4 Å². The molecule has 0 amide bonds. The van der Waals surface area contributed by atoms with Crippen LogP contribution in [-0.2, 0) is 0 Å². The maximum atomic E-state index is 8.88. The summed E-state index contributed by atoms with van der Waals surface area (Å²) in [6.45, 7) is 4.02. The first-order chi connectivity index (χ1) is 13.6. The van der Waals surface area contributed by atoms with E-state index in [1.54, 1.807) is 30.5 Å². The van der Waals surface area contributed by atoms with Crippen molar-refractivity contribution in [1.29, 1.82) is 10.5 Å². The Balaban J connectivity index is 1.80. The van der Waals surface area contributed by atoms with E-state index in [-0.39, 0.29) is 0 Å². The third kappa shape index (κ3) is 4.51. The van der Waals surface area contributed by atoms with E-state index < -0.39 is 0 Å². The molecule has 0 aliphatic heterocycles. The number of aromatic nitrogens is 2. The van der Waals surface area contributed by atoms with E-state index in [1.165, 1.54) is 6.08 Å². The number of hydrogen-bond acceptors (Lipinski definition) is 6. The third-order valence-electron chi connectivity index (χ3n) is 4.08. The average Bonchev–Trinajstić information content (AvgIpc) is 2.70. The van der Waals surface area contributed by atoms with Crippen LogP contribution in [0.3, 0.4) is 0 Å². The summed E-state index contributed by atoms with van der Waals surface area (Å²) in [7, 11) is 0. The van der Waals surface area contributed by atoms with Crippen molar-refractivity contribution in [2.45, 2.75) is 13.8 Å². The molecule has 0 saturated heterocycles. The third-order valence-corrected chi connectivity index (χ3v) is 4.08. The van der Waals surface area contributed by atoms with Gasteiger partial charge < -0.3 is 10.6 Å². The molecular weight excluding hydrogens is 354 g/mol. The average molecular weight is 372 g/mol. The molecule has 136 valence electrons. The van der Waals surface area contributed by atoms with E-state index in [0.717, 1.165) is 28.1 Å². The first-order valence-electron chi connectivity index (χ1n) is 8.63. The van der Waals surface area contributed by atoms with E-state index in [9.17, 15) is 0 Å². The van der Waals surface area contributed by atoms with Crippen LogP contribution in [-0.4, -0.2) is 9.97 Å². The van der Waals surface area contributed by atoms with E-state index in [4.69, 9.17) is 10.5 Å². The number of benzene rings is 2. The Morgan fingerprint density at radius 1 is 0.964 bits per heavy atom. The quantitative estimate of drug-likeness (QED) is 0.613. The van der Waals surface area contributed by atoms with Crippen LogP contribution < -0.4 is 10.6 Å². The maximum absolute atomic E-state index is 8.88. The Labute approximate surface area is 163 Å². The molecule has 0 atom stereocenters. The van der Waals surface area contributed by atoms with Crippen LogP contribution >= 0.6 is 0 Å².